The Morgan fingerprint density at radius 3 is 1.14 bits per heavy atom. The molecule has 11 aromatic carbocycles. The maximum absolute atomic E-state index is 13.3. The largest absolute Gasteiger partial charge is 0.399 e. The minimum Gasteiger partial charge on any atom is -0.399 e. The van der Waals surface area contributed by atoms with E-state index >= 15 is 0 Å². The number of nitrogen functional groups attached to an aromatic ring is 1. The van der Waals surface area contributed by atoms with Gasteiger partial charge in [0.1, 0.15) is 42.1 Å². The highest BCUT2D eigenvalue weighted by molar-refractivity contribution is 8.00. The van der Waals surface area contributed by atoms with E-state index in [1.54, 1.807) is 84.6 Å². The van der Waals surface area contributed by atoms with Gasteiger partial charge in [0.2, 0.25) is 46.6 Å². The van der Waals surface area contributed by atoms with Gasteiger partial charge in [0, 0.05) is 142 Å². The van der Waals surface area contributed by atoms with Crippen LogP contribution in [-0.4, -0.2) is 188 Å². The van der Waals surface area contributed by atoms with E-state index in [-0.39, 0.29) is 109 Å². The number of halogens is 6. The molecule has 15 N–H and O–H groups in total. The minimum absolute atomic E-state index is 0. The van der Waals surface area contributed by atoms with Crippen molar-refractivity contribution in [1.82, 2.24) is 24.8 Å². The summed E-state index contributed by atoms with van der Waals surface area (Å²) in [6, 6.07) is 83.2. The summed E-state index contributed by atoms with van der Waals surface area (Å²) in [5.41, 5.74) is 25.3. The number of aliphatic hydroxyl groups excluding tert-OH is 2. The van der Waals surface area contributed by atoms with Crippen molar-refractivity contribution in [2.75, 3.05) is 140 Å². The van der Waals surface area contributed by atoms with Gasteiger partial charge in [-0.2, -0.15) is 24.4 Å². The molecule has 0 fully saturated rings. The number of H-pyrrole nitrogens is 3. The van der Waals surface area contributed by atoms with E-state index in [4.69, 9.17) is 74.0 Å². The lowest BCUT2D eigenvalue weighted by Crippen LogP contribution is -2.49. The number of aromatic nitrogens is 3. The normalized spacial score (nSPS) is 13.4. The second-order valence-electron chi connectivity index (χ2n) is 32.1. The Kier molecular flexibility index (Phi) is 45.4. The molecule has 3 atom stereocenters. The second-order valence-corrected chi connectivity index (χ2v) is 35.1. The van der Waals surface area contributed by atoms with Crippen LogP contribution in [0.1, 0.15) is 49.3 Å². The first-order chi connectivity index (χ1) is 66.8. The van der Waals surface area contributed by atoms with Gasteiger partial charge in [0.05, 0.1) is 59.0 Å². The maximum Gasteiger partial charge on any atom is 0.247 e. The lowest BCUT2D eigenvalue weighted by Gasteiger charge is -2.38. The summed E-state index contributed by atoms with van der Waals surface area (Å²) < 4.78 is 0. The third kappa shape index (κ3) is 34.6. The average Bonchev–Trinajstić information content (AvgIpc) is 1.76. The number of aliphatic hydroxyl groups is 2. The van der Waals surface area contributed by atoms with Gasteiger partial charge in [-0.05, 0) is 206 Å². The Balaban J connectivity index is 0.000000193. The Labute approximate surface area is 848 Å². The zero-order chi connectivity index (χ0) is 98.8. The van der Waals surface area contributed by atoms with E-state index in [1.807, 2.05) is 211 Å². The SMILES string of the molecule is CN(C)CCS.CN(C)CCSCC(=O)Nc1ccc(CN2c3ccccc3NC(=O)[C@H]2Cc2c[nH]c3ccccc23)cc1.Cl.Nc1ccc(CO)cc1.O=C(CCl)Nc1ccc(CN2c3ccccc3NC(=O)[C@H]2Cc2c[nH]c3ccccc23)cc1.O=C(CCl)Nc1ccc(CO)cc1.O=C(Cl)CCl.O=C1Nc2ccccc2N[C@@H]1Cc1c[nH]c2ccccc12.O=Cc1ccc(NC(=O)CCl)cc1. The van der Waals surface area contributed by atoms with Crippen LogP contribution in [-0.2, 0) is 83.9 Å². The second kappa shape index (κ2) is 57.5. The van der Waals surface area contributed by atoms with Gasteiger partial charge in [-0.3, -0.25) is 43.2 Å². The first-order valence-corrected chi connectivity index (χ1v) is 48.2. The summed E-state index contributed by atoms with van der Waals surface area (Å²) in [5, 5.41) is 43.6. The third-order valence-electron chi connectivity index (χ3n) is 21.4. The Morgan fingerprint density at radius 1 is 0.432 bits per heavy atom. The van der Waals surface area contributed by atoms with Crippen LogP contribution in [0.15, 0.2) is 286 Å². The molecule has 0 bridgehead atoms. The molecule has 0 aliphatic carbocycles. The number of nitrogens with two attached hydrogens (primary N) is 1. The smallest absolute Gasteiger partial charge is 0.247 e. The molecule has 14 aromatic rings. The highest BCUT2D eigenvalue weighted by Gasteiger charge is 2.36. The van der Waals surface area contributed by atoms with Crippen molar-refractivity contribution in [3.63, 3.8) is 0 Å². The number of alkyl halides is 4. The summed E-state index contributed by atoms with van der Waals surface area (Å²) in [5.74, 6) is 1.23. The molecular weight excluding hydrogens is 1930 g/mol. The highest BCUT2D eigenvalue weighted by Crippen LogP contribution is 2.38. The molecule has 35 heteroatoms. The van der Waals surface area contributed by atoms with Crippen LogP contribution in [0.2, 0.25) is 0 Å². The molecule has 7 amide bonds. The van der Waals surface area contributed by atoms with Crippen molar-refractivity contribution >= 4 is 243 Å². The number of carbonyl (C=O) groups excluding carboxylic acids is 9. The number of thiol groups is 1. The molecule has 0 spiro atoms. The molecule has 3 aromatic heterocycles. The first kappa shape index (κ1) is 110. The van der Waals surface area contributed by atoms with Crippen molar-refractivity contribution in [2.24, 2.45) is 0 Å². The van der Waals surface area contributed by atoms with Crippen molar-refractivity contribution in [1.29, 1.82) is 0 Å². The molecule has 728 valence electrons. The predicted molar refractivity (Wildman–Crippen MR) is 576 cm³/mol. The fourth-order valence-corrected chi connectivity index (χ4v) is 16.0. The number of fused-ring (bicyclic) bond motifs is 6. The molecule has 17 rings (SSSR count). The highest BCUT2D eigenvalue weighted by atomic mass is 35.5. The van der Waals surface area contributed by atoms with Crippen LogP contribution in [0, 0.1) is 0 Å². The number of amides is 7. The molecule has 0 radical (unpaired) electrons. The number of nitrogens with one attached hydrogen (secondary N) is 11. The fourth-order valence-electron chi connectivity index (χ4n) is 14.5. The van der Waals surface area contributed by atoms with Gasteiger partial charge in [0.25, 0.3) is 0 Å². The fraction of sp³-hybridized carbons (Fsp3) is 0.221. The zero-order valence-electron chi connectivity index (χ0n) is 76.8. The van der Waals surface area contributed by atoms with Gasteiger partial charge in [-0.1, -0.05) is 140 Å². The number of carbonyl (C=O) groups is 9. The summed E-state index contributed by atoms with van der Waals surface area (Å²) in [6.45, 7) is 3.24. The standard InChI is InChI=1S/C30H33N5O2S.C26H23ClN4O2.C17H15N3O.C9H10ClNO2.C9H8ClNO2.C7H9NO.C4H11NS.C2H2Cl2O.ClH/c1-34(2)15-16-38-20-29(36)32-23-13-11-21(12-14-23)19-35-27-10-6-5-9-26(27)33-30(37)28(35)17-22-18-31-25-8-4-3-7-24(22)25;27-14-25(32)29-19-11-9-17(10-12-19)16-31-23-8-4-3-7-22(23)30-26(33)24(31)13-18-15-28-21-6-2-1-5-20(18)21;21-17-16(19-14-7-3-4-8-15(14)20-17)9-11-10-18-13-6-2-1-5-12(11)13;2*10-5-9(13)11-8-3-1-7(6-12)2-4-8;8-7-3-1-6(5-9)2-4-7;1-5(2)3-4-6;3-1-2(4)5;/h3-14,18,28,31H,15-17,19-20H2,1-2H3,(H,32,36)(H,33,37);1-12,15,24,28H,13-14,16H2,(H,29,32)(H,30,33);1-8,10,16,18-19H,9H2,(H,20,21);1-4,12H,5-6H2,(H,11,13);1-4,6H,5H2,(H,11,13);1-4,9H,5,8H2;6H,3-4H2,1-2H3;1H2;1H/t28-;24-;16-;;;;;;/m111....../s1. The van der Waals surface area contributed by atoms with Crippen LogP contribution in [0.25, 0.3) is 32.7 Å². The van der Waals surface area contributed by atoms with Gasteiger partial charge in [0.15, 0.2) is 0 Å². The molecule has 3 aliphatic rings. The van der Waals surface area contributed by atoms with Gasteiger partial charge >= 0.3 is 0 Å². The minimum atomic E-state index is -0.508. The van der Waals surface area contributed by atoms with E-state index in [9.17, 15) is 43.2 Å². The Morgan fingerprint density at radius 2 is 0.770 bits per heavy atom. The number of hydrogen-bond acceptors (Lipinski definition) is 19. The molecule has 0 saturated carbocycles. The predicted octanol–water partition coefficient (Wildman–Crippen LogP) is 18.7. The number of benzene rings is 11. The molecule has 27 nitrogen and oxygen atoms in total. The summed E-state index contributed by atoms with van der Waals surface area (Å²) in [4.78, 5) is 122. The lowest BCUT2D eigenvalue weighted by atomic mass is 9.98. The summed E-state index contributed by atoms with van der Waals surface area (Å²) >= 11 is 31.4. The summed E-state index contributed by atoms with van der Waals surface area (Å²) in [6.07, 6.45) is 8.55. The molecule has 0 saturated heterocycles. The molecule has 139 heavy (non-hydrogen) atoms. The number of para-hydroxylation sites is 9. The van der Waals surface area contributed by atoms with E-state index in [0.717, 1.165) is 143 Å². The molecule has 6 heterocycles. The number of rotatable bonds is 28. The number of anilines is 11. The van der Waals surface area contributed by atoms with E-state index in [0.29, 0.717) is 60.7 Å². The van der Waals surface area contributed by atoms with Crippen LogP contribution in [0.4, 0.5) is 62.6 Å². The first-order valence-electron chi connectivity index (χ1n) is 43.9. The van der Waals surface area contributed by atoms with Crippen LogP contribution >= 0.6 is 94.8 Å². The average molecular weight is 2040 g/mol. The van der Waals surface area contributed by atoms with Crippen molar-refractivity contribution in [2.45, 2.75) is 63.7 Å². The van der Waals surface area contributed by atoms with Gasteiger partial charge in [-0.25, -0.2) is 0 Å². The van der Waals surface area contributed by atoms with Crippen LogP contribution in [0.5, 0.6) is 0 Å². The zero-order valence-corrected chi connectivity index (χ0v) is 83.2. The number of thioether (sulfide) groups is 1. The molecule has 3 aliphatic heterocycles. The van der Waals surface area contributed by atoms with Crippen molar-refractivity contribution in [3.8, 4) is 0 Å². The lowest BCUT2D eigenvalue weighted by molar-refractivity contribution is -0.118. The summed E-state index contributed by atoms with van der Waals surface area (Å²) in [7, 11) is 8.13. The van der Waals surface area contributed by atoms with E-state index in [2.05, 4.69) is 120 Å². The topological polar surface area (TPSA) is 377 Å². The van der Waals surface area contributed by atoms with E-state index in [1.165, 1.54) is 5.39 Å². The number of nitrogens with zero attached hydrogens (tertiary/aromatic N) is 4. The van der Waals surface area contributed by atoms with Gasteiger partial charge in [-0.15, -0.1) is 58.8 Å². The van der Waals surface area contributed by atoms with Crippen molar-refractivity contribution < 1.29 is 53.4 Å². The monoisotopic (exact) mass is 2030 g/mol. The van der Waals surface area contributed by atoms with E-state index < -0.39 is 5.24 Å². The van der Waals surface area contributed by atoms with Crippen LogP contribution < -0.4 is 58.1 Å². The number of aldehydes is 1. The Hall–Kier alpha value is -12.9. The molecule has 0 unspecified atom stereocenters. The quantitative estimate of drug-likeness (QED) is 0.00541. The number of aromatic amines is 3. The molecular formula is C104H112Cl6N16O11S2. The van der Waals surface area contributed by atoms with Crippen molar-refractivity contribution in [3.05, 3.63) is 330 Å². The third-order valence-corrected chi connectivity index (χ3v) is 23.8. The van der Waals surface area contributed by atoms with Gasteiger partial charge < -0.3 is 93.0 Å². The maximum atomic E-state index is 13.3. The van der Waals surface area contributed by atoms with Crippen LogP contribution in [0.3, 0.4) is 0 Å². The number of hydrogen-bond donors (Lipinski definition) is 15. The Bertz CT molecular complexity index is 6320.